The fraction of sp³-hybridized carbons (Fsp3) is 0.333. The van der Waals surface area contributed by atoms with Gasteiger partial charge in [-0.05, 0) is 18.4 Å². The molecule has 0 aliphatic heterocycles. The highest BCUT2D eigenvalue weighted by Crippen LogP contribution is 2.15. The van der Waals surface area contributed by atoms with Gasteiger partial charge in [0.15, 0.2) is 5.82 Å². The number of aryl methyl sites for hydroxylation is 1. The molecule has 0 saturated heterocycles. The lowest BCUT2D eigenvalue weighted by molar-refractivity contribution is 0.717. The SMILES string of the molecule is CCCCCc1ccc(-c2nc[c]cn2)cc1. The van der Waals surface area contributed by atoms with Crippen molar-refractivity contribution < 1.29 is 0 Å². The Kier molecular flexibility index (Phi) is 4.25. The first kappa shape index (κ1) is 11.8. The summed E-state index contributed by atoms with van der Waals surface area (Å²) in [6, 6.07) is 11.4. The van der Waals surface area contributed by atoms with E-state index in [4.69, 9.17) is 0 Å². The zero-order valence-corrected chi connectivity index (χ0v) is 10.2. The highest BCUT2D eigenvalue weighted by Gasteiger charge is 1.99. The van der Waals surface area contributed by atoms with Gasteiger partial charge >= 0.3 is 0 Å². The summed E-state index contributed by atoms with van der Waals surface area (Å²) in [5, 5.41) is 0. The number of nitrogens with zero attached hydrogens (tertiary/aromatic N) is 2. The number of unbranched alkanes of at least 4 members (excludes halogenated alkanes) is 2. The van der Waals surface area contributed by atoms with Crippen LogP contribution in [0.3, 0.4) is 0 Å². The minimum Gasteiger partial charge on any atom is -0.236 e. The third kappa shape index (κ3) is 3.38. The molecule has 0 fully saturated rings. The van der Waals surface area contributed by atoms with Crippen LogP contribution < -0.4 is 0 Å². The summed E-state index contributed by atoms with van der Waals surface area (Å²) in [7, 11) is 0. The van der Waals surface area contributed by atoms with Gasteiger partial charge in [-0.2, -0.15) is 0 Å². The van der Waals surface area contributed by atoms with E-state index in [1.54, 1.807) is 12.4 Å². The third-order valence-electron chi connectivity index (χ3n) is 2.80. The quantitative estimate of drug-likeness (QED) is 0.725. The van der Waals surface area contributed by atoms with Crippen molar-refractivity contribution in [3.05, 3.63) is 48.3 Å². The molecule has 0 saturated carbocycles. The maximum Gasteiger partial charge on any atom is 0.159 e. The molecular weight excluding hydrogens is 208 g/mol. The standard InChI is InChI=1S/C15H17N2/c1-2-3-4-6-13-7-9-14(10-8-13)15-16-11-5-12-17-15/h7-12H,2-4,6H2,1H3. The van der Waals surface area contributed by atoms with Crippen molar-refractivity contribution in [1.82, 2.24) is 9.97 Å². The molecular formula is C15H17N2. The Hall–Kier alpha value is -1.70. The van der Waals surface area contributed by atoms with Crippen LogP contribution in [-0.2, 0) is 6.42 Å². The molecule has 2 aromatic rings. The molecule has 0 spiro atoms. The minimum absolute atomic E-state index is 0.767. The number of hydrogen-bond acceptors (Lipinski definition) is 2. The lowest BCUT2D eigenvalue weighted by atomic mass is 10.1. The average molecular weight is 225 g/mol. The van der Waals surface area contributed by atoms with Crippen LogP contribution in [0.2, 0.25) is 0 Å². The Morgan fingerprint density at radius 2 is 1.71 bits per heavy atom. The summed E-state index contributed by atoms with van der Waals surface area (Å²) in [6.45, 7) is 2.23. The van der Waals surface area contributed by atoms with Crippen molar-refractivity contribution in [3.63, 3.8) is 0 Å². The highest BCUT2D eigenvalue weighted by molar-refractivity contribution is 5.54. The first-order valence-corrected chi connectivity index (χ1v) is 6.17. The maximum absolute atomic E-state index is 4.19. The summed E-state index contributed by atoms with van der Waals surface area (Å²) in [6.07, 6.45) is 8.31. The lowest BCUT2D eigenvalue weighted by Gasteiger charge is -2.02. The van der Waals surface area contributed by atoms with Crippen molar-refractivity contribution in [2.45, 2.75) is 32.6 Å². The van der Waals surface area contributed by atoms with Gasteiger partial charge in [-0.15, -0.1) is 0 Å². The van der Waals surface area contributed by atoms with Crippen LogP contribution in [-0.4, -0.2) is 9.97 Å². The van der Waals surface area contributed by atoms with E-state index < -0.39 is 0 Å². The molecule has 0 unspecified atom stereocenters. The highest BCUT2D eigenvalue weighted by atomic mass is 14.8. The Morgan fingerprint density at radius 3 is 2.35 bits per heavy atom. The molecule has 0 amide bonds. The maximum atomic E-state index is 4.19. The van der Waals surface area contributed by atoms with E-state index in [0.29, 0.717) is 0 Å². The molecule has 87 valence electrons. The second kappa shape index (κ2) is 6.14. The number of aromatic nitrogens is 2. The van der Waals surface area contributed by atoms with Crippen molar-refractivity contribution >= 4 is 0 Å². The van der Waals surface area contributed by atoms with Gasteiger partial charge in [-0.1, -0.05) is 44.0 Å². The van der Waals surface area contributed by atoms with Crippen LogP contribution in [0, 0.1) is 6.07 Å². The van der Waals surface area contributed by atoms with Crippen LogP contribution in [0.25, 0.3) is 11.4 Å². The largest absolute Gasteiger partial charge is 0.236 e. The normalized spacial score (nSPS) is 10.4. The predicted molar refractivity (Wildman–Crippen MR) is 69.5 cm³/mol. The van der Waals surface area contributed by atoms with Crippen LogP contribution >= 0.6 is 0 Å². The van der Waals surface area contributed by atoms with E-state index in [9.17, 15) is 0 Å². The first-order valence-electron chi connectivity index (χ1n) is 6.17. The molecule has 2 heteroatoms. The van der Waals surface area contributed by atoms with E-state index in [1.165, 1.54) is 24.8 Å². The summed E-state index contributed by atoms with van der Waals surface area (Å²) in [5.74, 6) is 0.767. The molecule has 0 bridgehead atoms. The molecule has 1 radical (unpaired) electrons. The fourth-order valence-electron chi connectivity index (χ4n) is 1.81. The van der Waals surface area contributed by atoms with Crippen LogP contribution in [0.5, 0.6) is 0 Å². The van der Waals surface area contributed by atoms with E-state index in [2.05, 4.69) is 47.2 Å². The molecule has 2 rings (SSSR count). The van der Waals surface area contributed by atoms with Crippen molar-refractivity contribution in [3.8, 4) is 11.4 Å². The van der Waals surface area contributed by atoms with Crippen molar-refractivity contribution in [1.29, 1.82) is 0 Å². The van der Waals surface area contributed by atoms with Gasteiger partial charge in [0.05, 0.1) is 0 Å². The Balaban J connectivity index is 2.03. The Labute approximate surface area is 103 Å². The summed E-state index contributed by atoms with van der Waals surface area (Å²) in [5.41, 5.74) is 2.46. The van der Waals surface area contributed by atoms with E-state index >= 15 is 0 Å². The van der Waals surface area contributed by atoms with Crippen molar-refractivity contribution in [2.75, 3.05) is 0 Å². The minimum atomic E-state index is 0.767. The van der Waals surface area contributed by atoms with Gasteiger partial charge in [-0.25, -0.2) is 9.97 Å². The smallest absolute Gasteiger partial charge is 0.159 e. The van der Waals surface area contributed by atoms with E-state index in [0.717, 1.165) is 17.8 Å². The van der Waals surface area contributed by atoms with Gasteiger partial charge < -0.3 is 0 Å². The zero-order valence-electron chi connectivity index (χ0n) is 10.2. The van der Waals surface area contributed by atoms with Gasteiger partial charge in [0.25, 0.3) is 0 Å². The predicted octanol–water partition coefficient (Wildman–Crippen LogP) is 3.68. The summed E-state index contributed by atoms with van der Waals surface area (Å²) < 4.78 is 0. The summed E-state index contributed by atoms with van der Waals surface area (Å²) in [4.78, 5) is 8.37. The van der Waals surface area contributed by atoms with E-state index in [1.807, 2.05) is 0 Å². The molecule has 17 heavy (non-hydrogen) atoms. The average Bonchev–Trinajstić information content (AvgIpc) is 2.41. The number of benzene rings is 1. The van der Waals surface area contributed by atoms with Crippen LogP contribution in [0.4, 0.5) is 0 Å². The molecule has 0 aliphatic carbocycles. The van der Waals surface area contributed by atoms with Gasteiger partial charge in [-0.3, -0.25) is 0 Å². The Bertz CT molecular complexity index is 434. The summed E-state index contributed by atoms with van der Waals surface area (Å²) >= 11 is 0. The lowest BCUT2D eigenvalue weighted by Crippen LogP contribution is -1.89. The van der Waals surface area contributed by atoms with E-state index in [-0.39, 0.29) is 0 Å². The molecule has 1 heterocycles. The van der Waals surface area contributed by atoms with Crippen LogP contribution in [0.1, 0.15) is 31.7 Å². The second-order valence-electron chi connectivity index (χ2n) is 4.16. The number of hydrogen-bond donors (Lipinski definition) is 0. The topological polar surface area (TPSA) is 25.8 Å². The molecule has 0 atom stereocenters. The molecule has 1 aromatic carbocycles. The van der Waals surface area contributed by atoms with Gasteiger partial charge in [0.2, 0.25) is 0 Å². The van der Waals surface area contributed by atoms with Crippen LogP contribution in [0.15, 0.2) is 36.7 Å². The molecule has 0 N–H and O–H groups in total. The fourth-order valence-corrected chi connectivity index (χ4v) is 1.81. The van der Waals surface area contributed by atoms with Crippen molar-refractivity contribution in [2.24, 2.45) is 0 Å². The molecule has 1 aromatic heterocycles. The van der Waals surface area contributed by atoms with Gasteiger partial charge in [0.1, 0.15) is 0 Å². The monoisotopic (exact) mass is 225 g/mol. The molecule has 2 nitrogen and oxygen atoms in total. The number of rotatable bonds is 5. The second-order valence-corrected chi connectivity index (χ2v) is 4.16. The van der Waals surface area contributed by atoms with Gasteiger partial charge in [0, 0.05) is 24.0 Å². The Morgan fingerprint density at radius 1 is 1.00 bits per heavy atom. The molecule has 0 aliphatic rings. The first-order chi connectivity index (χ1) is 8.40. The third-order valence-corrected chi connectivity index (χ3v) is 2.80. The zero-order chi connectivity index (χ0) is 11.9.